The van der Waals surface area contributed by atoms with Crippen LogP contribution in [0.2, 0.25) is 0 Å². The van der Waals surface area contributed by atoms with E-state index in [1.54, 1.807) is 0 Å². The Hall–Kier alpha value is -2.81. The number of allylic oxidation sites excluding steroid dienone is 2. The highest BCUT2D eigenvalue weighted by Crippen LogP contribution is 2.30. The lowest BCUT2D eigenvalue weighted by atomic mass is 10.1. The first kappa shape index (κ1) is 18.0. The quantitative estimate of drug-likeness (QED) is 0.753. The van der Waals surface area contributed by atoms with Crippen molar-refractivity contribution < 1.29 is 4.79 Å². The molecule has 0 spiro atoms. The SMILES string of the molecule is CN(C)c1ccc(C=C2CC/C(=C\c3ccc(N(C)C)cc3)C2=O)cc1. The van der Waals surface area contributed by atoms with Gasteiger partial charge in [-0.25, -0.2) is 0 Å². The standard InChI is InChI=1S/C23H26N2O/c1-24(2)21-11-5-17(6-12-21)15-19-9-10-20(23(19)26)16-18-7-13-22(14-8-18)25(3)4/h5-8,11-16H,9-10H2,1-4H3/b19-15+,20-16?. The van der Waals surface area contributed by atoms with Gasteiger partial charge in [-0.05, 0) is 60.4 Å². The Morgan fingerprint density at radius 3 is 1.31 bits per heavy atom. The van der Waals surface area contributed by atoms with Crippen molar-refractivity contribution in [2.24, 2.45) is 0 Å². The lowest BCUT2D eigenvalue weighted by Crippen LogP contribution is -2.08. The molecule has 0 unspecified atom stereocenters. The summed E-state index contributed by atoms with van der Waals surface area (Å²) in [4.78, 5) is 16.9. The van der Waals surface area contributed by atoms with Crippen LogP contribution < -0.4 is 9.80 Å². The molecule has 0 aliphatic heterocycles. The molecule has 1 aliphatic carbocycles. The fourth-order valence-corrected chi connectivity index (χ4v) is 3.12. The van der Waals surface area contributed by atoms with Crippen molar-refractivity contribution >= 4 is 29.3 Å². The summed E-state index contributed by atoms with van der Waals surface area (Å²) in [5.74, 6) is 0.179. The minimum absolute atomic E-state index is 0.179. The lowest BCUT2D eigenvalue weighted by molar-refractivity contribution is -0.111. The Kier molecular flexibility index (Phi) is 5.27. The number of carbonyl (C=O) groups excluding carboxylic acids is 1. The van der Waals surface area contributed by atoms with E-state index in [0.717, 1.165) is 46.5 Å². The van der Waals surface area contributed by atoms with Gasteiger partial charge in [-0.15, -0.1) is 0 Å². The highest BCUT2D eigenvalue weighted by molar-refractivity contribution is 6.15. The predicted molar refractivity (Wildman–Crippen MR) is 112 cm³/mol. The Morgan fingerprint density at radius 2 is 1.00 bits per heavy atom. The Morgan fingerprint density at radius 1 is 0.654 bits per heavy atom. The van der Waals surface area contributed by atoms with Crippen LogP contribution in [0.3, 0.4) is 0 Å². The zero-order valence-electron chi connectivity index (χ0n) is 16.0. The molecule has 0 heterocycles. The average molecular weight is 346 g/mol. The zero-order chi connectivity index (χ0) is 18.7. The fraction of sp³-hybridized carbons (Fsp3) is 0.261. The number of ketones is 1. The van der Waals surface area contributed by atoms with Gasteiger partial charge in [0.15, 0.2) is 5.78 Å². The van der Waals surface area contributed by atoms with Gasteiger partial charge >= 0.3 is 0 Å². The van der Waals surface area contributed by atoms with Gasteiger partial charge in [0.2, 0.25) is 0 Å². The van der Waals surface area contributed by atoms with E-state index in [4.69, 9.17) is 0 Å². The van der Waals surface area contributed by atoms with Crippen LogP contribution >= 0.6 is 0 Å². The molecule has 0 aromatic heterocycles. The maximum Gasteiger partial charge on any atom is 0.185 e. The number of hydrogen-bond acceptors (Lipinski definition) is 3. The third kappa shape index (κ3) is 4.05. The molecule has 3 heteroatoms. The highest BCUT2D eigenvalue weighted by Gasteiger charge is 2.22. The minimum atomic E-state index is 0.179. The predicted octanol–water partition coefficient (Wildman–Crippen LogP) is 4.65. The maximum atomic E-state index is 12.7. The van der Waals surface area contributed by atoms with E-state index >= 15 is 0 Å². The van der Waals surface area contributed by atoms with Gasteiger partial charge in [0.25, 0.3) is 0 Å². The van der Waals surface area contributed by atoms with Gasteiger partial charge in [0.1, 0.15) is 0 Å². The van der Waals surface area contributed by atoms with E-state index in [0.29, 0.717) is 0 Å². The number of hydrogen-bond donors (Lipinski definition) is 0. The third-order valence-electron chi connectivity index (χ3n) is 4.75. The van der Waals surface area contributed by atoms with Crippen LogP contribution in [-0.2, 0) is 4.79 Å². The molecule has 0 atom stereocenters. The van der Waals surface area contributed by atoms with Crippen LogP contribution in [0.25, 0.3) is 12.2 Å². The number of Topliss-reactive ketones (excluding diaryl/α,β-unsaturated/α-hetero) is 1. The highest BCUT2D eigenvalue weighted by atomic mass is 16.1. The van der Waals surface area contributed by atoms with E-state index < -0.39 is 0 Å². The van der Waals surface area contributed by atoms with E-state index in [1.807, 2.05) is 40.3 Å². The number of benzene rings is 2. The topological polar surface area (TPSA) is 23.6 Å². The van der Waals surface area contributed by atoms with E-state index in [2.05, 4.69) is 58.3 Å². The molecule has 2 aromatic rings. The van der Waals surface area contributed by atoms with E-state index in [-0.39, 0.29) is 5.78 Å². The van der Waals surface area contributed by atoms with E-state index in [9.17, 15) is 4.79 Å². The molecule has 1 aliphatic rings. The molecule has 26 heavy (non-hydrogen) atoms. The first-order chi connectivity index (χ1) is 12.4. The molecule has 0 N–H and O–H groups in total. The van der Waals surface area contributed by atoms with Gasteiger partial charge in [0, 0.05) is 50.7 Å². The van der Waals surface area contributed by atoms with E-state index in [1.165, 1.54) is 0 Å². The summed E-state index contributed by atoms with van der Waals surface area (Å²) < 4.78 is 0. The molecule has 0 radical (unpaired) electrons. The van der Waals surface area contributed by atoms with Crippen LogP contribution in [0.1, 0.15) is 24.0 Å². The number of anilines is 2. The summed E-state index contributed by atoms with van der Waals surface area (Å²) in [6, 6.07) is 16.6. The van der Waals surface area contributed by atoms with Crippen LogP contribution in [0.15, 0.2) is 59.7 Å². The van der Waals surface area contributed by atoms with Gasteiger partial charge in [-0.1, -0.05) is 24.3 Å². The molecule has 134 valence electrons. The van der Waals surface area contributed by atoms with Gasteiger partial charge in [0.05, 0.1) is 0 Å². The third-order valence-corrected chi connectivity index (χ3v) is 4.75. The molecule has 1 saturated carbocycles. The molecule has 0 bridgehead atoms. The van der Waals surface area contributed by atoms with Crippen molar-refractivity contribution in [2.45, 2.75) is 12.8 Å². The van der Waals surface area contributed by atoms with Gasteiger partial charge in [-0.2, -0.15) is 0 Å². The summed E-state index contributed by atoms with van der Waals surface area (Å²) in [5.41, 5.74) is 6.28. The van der Waals surface area contributed by atoms with Crippen molar-refractivity contribution in [1.82, 2.24) is 0 Å². The summed E-state index contributed by atoms with van der Waals surface area (Å²) in [5, 5.41) is 0. The Bertz CT molecular complexity index is 769. The first-order valence-electron chi connectivity index (χ1n) is 8.94. The van der Waals surface area contributed by atoms with Gasteiger partial charge in [-0.3, -0.25) is 4.79 Å². The zero-order valence-corrected chi connectivity index (χ0v) is 16.0. The Labute approximate surface area is 156 Å². The maximum absolute atomic E-state index is 12.7. The van der Waals surface area contributed by atoms with Crippen molar-refractivity contribution in [1.29, 1.82) is 0 Å². The van der Waals surface area contributed by atoms with Crippen molar-refractivity contribution in [3.63, 3.8) is 0 Å². The second kappa shape index (κ2) is 7.61. The smallest absolute Gasteiger partial charge is 0.185 e. The average Bonchev–Trinajstić information content (AvgIpc) is 2.96. The number of rotatable bonds is 4. The largest absolute Gasteiger partial charge is 0.378 e. The second-order valence-corrected chi connectivity index (χ2v) is 7.14. The summed E-state index contributed by atoms with van der Waals surface area (Å²) in [6.45, 7) is 0. The van der Waals surface area contributed by atoms with Crippen LogP contribution in [-0.4, -0.2) is 34.0 Å². The molecule has 0 amide bonds. The second-order valence-electron chi connectivity index (χ2n) is 7.14. The first-order valence-corrected chi connectivity index (χ1v) is 8.94. The van der Waals surface area contributed by atoms with Crippen LogP contribution in [0.5, 0.6) is 0 Å². The molecule has 3 rings (SSSR count). The van der Waals surface area contributed by atoms with Crippen molar-refractivity contribution in [3.05, 3.63) is 70.8 Å². The fourth-order valence-electron chi connectivity index (χ4n) is 3.12. The summed E-state index contributed by atoms with van der Waals surface area (Å²) in [6.07, 6.45) is 5.68. The Balaban J connectivity index is 1.76. The summed E-state index contributed by atoms with van der Waals surface area (Å²) >= 11 is 0. The minimum Gasteiger partial charge on any atom is -0.378 e. The summed E-state index contributed by atoms with van der Waals surface area (Å²) in [7, 11) is 8.10. The normalized spacial score (nSPS) is 17.2. The molecular weight excluding hydrogens is 320 g/mol. The molecule has 1 fully saturated rings. The monoisotopic (exact) mass is 346 g/mol. The van der Waals surface area contributed by atoms with Crippen molar-refractivity contribution in [2.75, 3.05) is 38.0 Å². The van der Waals surface area contributed by atoms with Crippen molar-refractivity contribution in [3.8, 4) is 0 Å². The molecule has 2 aromatic carbocycles. The molecule has 0 saturated heterocycles. The van der Waals surface area contributed by atoms with Gasteiger partial charge < -0.3 is 9.80 Å². The van der Waals surface area contributed by atoms with Crippen LogP contribution in [0.4, 0.5) is 11.4 Å². The lowest BCUT2D eigenvalue weighted by Gasteiger charge is -2.12. The molecular formula is C23H26N2O. The number of nitrogens with zero attached hydrogens (tertiary/aromatic N) is 2. The molecule has 3 nitrogen and oxygen atoms in total. The van der Waals surface area contributed by atoms with Crippen LogP contribution in [0, 0.1) is 0 Å². The number of carbonyl (C=O) groups is 1.